The predicted molar refractivity (Wildman–Crippen MR) is 187 cm³/mol. The molecule has 0 spiro atoms. The second-order valence-electron chi connectivity index (χ2n) is 13.3. The maximum Gasteiger partial charge on any atom is 0.338 e. The van der Waals surface area contributed by atoms with Gasteiger partial charge in [-0.1, -0.05) is 18.2 Å². The summed E-state index contributed by atoms with van der Waals surface area (Å²) in [4.78, 5) is 21.7. The molecule has 0 unspecified atom stereocenters. The van der Waals surface area contributed by atoms with Crippen LogP contribution in [0.4, 0.5) is 22.0 Å². The van der Waals surface area contributed by atoms with Gasteiger partial charge in [0.2, 0.25) is 5.88 Å². The number of halogens is 5. The quantitative estimate of drug-likeness (QED) is 0.0870. The molecular formula is C39H36F5N5O4. The van der Waals surface area contributed by atoms with Crippen molar-refractivity contribution in [2.45, 2.75) is 58.9 Å². The van der Waals surface area contributed by atoms with Crippen molar-refractivity contribution in [2.24, 2.45) is 0 Å². The number of hydrogen-bond donors (Lipinski definition) is 0. The van der Waals surface area contributed by atoms with Gasteiger partial charge in [0.1, 0.15) is 42.0 Å². The molecule has 53 heavy (non-hydrogen) atoms. The molecule has 0 aliphatic rings. The van der Waals surface area contributed by atoms with Crippen LogP contribution in [0.5, 0.6) is 5.88 Å². The molecule has 0 radical (unpaired) electrons. The summed E-state index contributed by atoms with van der Waals surface area (Å²) in [6, 6.07) is 16.0. The Morgan fingerprint density at radius 3 is 2.42 bits per heavy atom. The average Bonchev–Trinajstić information content (AvgIpc) is 3.70. The Morgan fingerprint density at radius 1 is 0.887 bits per heavy atom. The van der Waals surface area contributed by atoms with Gasteiger partial charge >= 0.3 is 5.97 Å². The summed E-state index contributed by atoms with van der Waals surface area (Å²) >= 11 is 0. The predicted octanol–water partition coefficient (Wildman–Crippen LogP) is 8.42. The van der Waals surface area contributed by atoms with Crippen LogP contribution in [-0.4, -0.2) is 56.0 Å². The normalized spacial score (nSPS) is 11.8. The minimum atomic E-state index is -2.57. The first-order valence-electron chi connectivity index (χ1n) is 16.7. The number of aromatic nitrogens is 5. The van der Waals surface area contributed by atoms with Crippen LogP contribution in [0.2, 0.25) is 0 Å². The molecule has 3 aromatic carbocycles. The van der Waals surface area contributed by atoms with Crippen LogP contribution in [0, 0.1) is 17.5 Å². The summed E-state index contributed by atoms with van der Waals surface area (Å²) in [7, 11) is 1.55. The van der Waals surface area contributed by atoms with Crippen LogP contribution in [-0.2, 0) is 35.6 Å². The van der Waals surface area contributed by atoms with Gasteiger partial charge in [-0.15, -0.1) is 0 Å². The number of ether oxygens (including phenoxy) is 3. The van der Waals surface area contributed by atoms with E-state index >= 15 is 8.78 Å². The van der Waals surface area contributed by atoms with Gasteiger partial charge in [-0.2, -0.15) is 5.10 Å². The third kappa shape index (κ3) is 8.88. The fourth-order valence-electron chi connectivity index (χ4n) is 5.69. The molecule has 0 amide bonds. The largest absolute Gasteiger partial charge is 0.473 e. The summed E-state index contributed by atoms with van der Waals surface area (Å²) in [6.07, 6.45) is 0.161. The number of nitrogens with zero attached hydrogens (tertiary/aromatic N) is 5. The number of benzene rings is 3. The lowest BCUT2D eigenvalue weighted by atomic mass is 10.0. The van der Waals surface area contributed by atoms with Gasteiger partial charge in [0, 0.05) is 49.0 Å². The molecule has 276 valence electrons. The maximum atomic E-state index is 15.7. The maximum absolute atomic E-state index is 15.7. The third-order valence-electron chi connectivity index (χ3n) is 8.19. The molecule has 9 nitrogen and oxygen atoms in total. The summed E-state index contributed by atoms with van der Waals surface area (Å²) in [5.41, 5.74) is 2.01. The number of esters is 1. The molecule has 3 aromatic heterocycles. The Hall–Kier alpha value is -5.63. The van der Waals surface area contributed by atoms with Crippen molar-refractivity contribution in [3.05, 3.63) is 119 Å². The minimum Gasteiger partial charge on any atom is -0.473 e. The Labute approximate surface area is 302 Å². The molecule has 6 aromatic rings. The van der Waals surface area contributed by atoms with Crippen LogP contribution in [0.1, 0.15) is 48.1 Å². The van der Waals surface area contributed by atoms with E-state index in [1.165, 1.54) is 36.7 Å². The van der Waals surface area contributed by atoms with E-state index in [2.05, 4.69) is 15.1 Å². The lowest BCUT2D eigenvalue weighted by molar-refractivity contribution is 0.00695. The molecule has 3 heterocycles. The zero-order valence-electron chi connectivity index (χ0n) is 29.4. The topological polar surface area (TPSA) is 93.3 Å². The monoisotopic (exact) mass is 733 g/mol. The van der Waals surface area contributed by atoms with Gasteiger partial charge in [-0.05, 0) is 74.4 Å². The molecule has 0 fully saturated rings. The molecule has 0 atom stereocenters. The SMILES string of the molecule is COCCn1c(Cc2cc(F)c(-c3cccc(OCc4ccc(-c5cnn(CC(F)F)c5)cc4F)n3)cc2F)nc2ccc(C(=O)OC(C)(C)C)cc21. The van der Waals surface area contributed by atoms with Crippen LogP contribution in [0.15, 0.2) is 79.1 Å². The number of hydrogen-bond acceptors (Lipinski definition) is 7. The van der Waals surface area contributed by atoms with E-state index in [1.807, 2.05) is 0 Å². The van der Waals surface area contributed by atoms with Crippen molar-refractivity contribution in [3.63, 3.8) is 0 Å². The van der Waals surface area contributed by atoms with E-state index in [0.29, 0.717) is 46.7 Å². The third-order valence-corrected chi connectivity index (χ3v) is 8.19. The number of pyridine rings is 1. The van der Waals surface area contributed by atoms with Crippen LogP contribution < -0.4 is 4.74 Å². The molecule has 0 bridgehead atoms. The minimum absolute atomic E-state index is 0.0534. The van der Waals surface area contributed by atoms with E-state index in [0.717, 1.165) is 16.8 Å². The van der Waals surface area contributed by atoms with Gasteiger partial charge in [0.25, 0.3) is 6.43 Å². The average molecular weight is 734 g/mol. The van der Waals surface area contributed by atoms with Crippen molar-refractivity contribution in [1.29, 1.82) is 0 Å². The van der Waals surface area contributed by atoms with Crippen LogP contribution >= 0.6 is 0 Å². The first kappa shape index (κ1) is 37.1. The van der Waals surface area contributed by atoms with E-state index < -0.39 is 42.0 Å². The number of alkyl halides is 2. The standard InChI is InChI=1S/C39H36F5N5O4/c1-39(2,3)53-38(50)24-10-11-33-34(16-24)49(12-13-51-4)36(46-33)17-26-15-31(42)28(18-30(26)41)32-6-5-7-37(47-32)52-22-25-9-8-23(14-29(25)40)27-19-45-48(20-27)21-35(43)44/h5-11,14-16,18-20,35H,12-13,17,21-22H2,1-4H3. The number of imidazole rings is 1. The van der Waals surface area contributed by atoms with Crippen molar-refractivity contribution in [3.8, 4) is 28.3 Å². The second-order valence-corrected chi connectivity index (χ2v) is 13.3. The molecule has 0 saturated carbocycles. The highest BCUT2D eigenvalue weighted by Gasteiger charge is 2.21. The van der Waals surface area contributed by atoms with E-state index in [4.69, 9.17) is 14.2 Å². The van der Waals surface area contributed by atoms with Gasteiger partial charge in [-0.25, -0.2) is 36.7 Å². The van der Waals surface area contributed by atoms with Crippen molar-refractivity contribution in [2.75, 3.05) is 13.7 Å². The first-order chi connectivity index (χ1) is 25.3. The smallest absolute Gasteiger partial charge is 0.338 e. The molecule has 0 saturated heterocycles. The number of fused-ring (bicyclic) bond motifs is 1. The van der Waals surface area contributed by atoms with Crippen LogP contribution in [0.3, 0.4) is 0 Å². The van der Waals surface area contributed by atoms with Crippen molar-refractivity contribution < 1.29 is 41.0 Å². The van der Waals surface area contributed by atoms with Gasteiger partial charge in [-0.3, -0.25) is 4.68 Å². The molecular weight excluding hydrogens is 697 g/mol. The summed E-state index contributed by atoms with van der Waals surface area (Å²) in [5, 5.41) is 3.88. The van der Waals surface area contributed by atoms with E-state index in [1.54, 1.807) is 62.8 Å². The Balaban J connectivity index is 1.19. The highest BCUT2D eigenvalue weighted by atomic mass is 19.3. The molecule has 0 aliphatic heterocycles. The molecule has 6 rings (SSSR count). The van der Waals surface area contributed by atoms with Gasteiger partial charge in [0.05, 0.1) is 35.1 Å². The highest BCUT2D eigenvalue weighted by molar-refractivity contribution is 5.94. The first-order valence-corrected chi connectivity index (χ1v) is 16.7. The van der Waals surface area contributed by atoms with E-state index in [-0.39, 0.29) is 41.3 Å². The fraction of sp³-hybridized carbons (Fsp3) is 0.282. The van der Waals surface area contributed by atoms with E-state index in [9.17, 15) is 18.0 Å². The Bertz CT molecular complexity index is 2260. The van der Waals surface area contributed by atoms with Gasteiger partial charge in [0.15, 0.2) is 0 Å². The number of rotatable bonds is 13. The van der Waals surface area contributed by atoms with Crippen molar-refractivity contribution in [1.82, 2.24) is 24.3 Å². The van der Waals surface area contributed by atoms with Crippen molar-refractivity contribution >= 4 is 17.0 Å². The lowest BCUT2D eigenvalue weighted by Crippen LogP contribution is -2.23. The zero-order chi connectivity index (χ0) is 37.9. The number of carbonyl (C=O) groups excluding carboxylic acids is 1. The second kappa shape index (κ2) is 15.5. The lowest BCUT2D eigenvalue weighted by Gasteiger charge is -2.19. The molecule has 0 N–H and O–H groups in total. The number of carbonyl (C=O) groups is 1. The van der Waals surface area contributed by atoms with Crippen LogP contribution in [0.25, 0.3) is 33.4 Å². The summed E-state index contributed by atoms with van der Waals surface area (Å²) < 4.78 is 91.0. The number of methoxy groups -OCH3 is 1. The Morgan fingerprint density at radius 2 is 1.68 bits per heavy atom. The zero-order valence-corrected chi connectivity index (χ0v) is 29.4. The fourth-order valence-corrected chi connectivity index (χ4v) is 5.69. The summed E-state index contributed by atoms with van der Waals surface area (Å²) in [6.45, 7) is 5.21. The Kier molecular flexibility index (Phi) is 10.9. The van der Waals surface area contributed by atoms with Gasteiger partial charge < -0.3 is 18.8 Å². The molecule has 14 heteroatoms. The highest BCUT2D eigenvalue weighted by Crippen LogP contribution is 2.29. The summed E-state index contributed by atoms with van der Waals surface area (Å²) in [5.74, 6) is -2.00. The molecule has 0 aliphatic carbocycles.